The van der Waals surface area contributed by atoms with E-state index in [1.165, 1.54) is 17.2 Å². The van der Waals surface area contributed by atoms with Crippen molar-refractivity contribution >= 4 is 43.6 Å². The summed E-state index contributed by atoms with van der Waals surface area (Å²) in [6.45, 7) is 9.33. The lowest BCUT2D eigenvalue weighted by Gasteiger charge is -2.42. The molecule has 2 heterocycles. The lowest BCUT2D eigenvalue weighted by atomic mass is 9.63. The summed E-state index contributed by atoms with van der Waals surface area (Å²) in [5, 5.41) is 4.27. The summed E-state index contributed by atoms with van der Waals surface area (Å²) in [5.41, 5.74) is 12.7. The van der Waals surface area contributed by atoms with Crippen LogP contribution in [0.1, 0.15) is 51.7 Å². The Hall–Kier alpha value is -6.00. The number of rotatable bonds is 4. The SMILES string of the molecule is CC1(C)CCC(C)(C)c2cc(-c3cc(F)cc(-n4c5ccccc5c5cc(-c6ccc7c(c6)c6ccc(F)cc6n7-c6ccccc6)ccc54)c3)ccc21. The molecule has 0 N–H and O–H groups in total. The summed E-state index contributed by atoms with van der Waals surface area (Å²) in [6, 6.07) is 48.8. The summed E-state index contributed by atoms with van der Waals surface area (Å²) in [5.74, 6) is -0.518. The van der Waals surface area contributed by atoms with E-state index in [1.807, 2.05) is 30.3 Å². The average molecular weight is 707 g/mol. The van der Waals surface area contributed by atoms with Crippen LogP contribution in [0.15, 0.2) is 146 Å². The predicted molar refractivity (Wildman–Crippen MR) is 221 cm³/mol. The molecular formula is C50H40F2N2. The van der Waals surface area contributed by atoms with E-state index in [4.69, 9.17) is 0 Å². The topological polar surface area (TPSA) is 9.86 Å². The number of nitrogens with zero attached hydrogens (tertiary/aromatic N) is 2. The Bertz CT molecular complexity index is 2960. The predicted octanol–water partition coefficient (Wildman–Crippen LogP) is 13.8. The van der Waals surface area contributed by atoms with E-state index in [-0.39, 0.29) is 22.5 Å². The van der Waals surface area contributed by atoms with Gasteiger partial charge in [-0.05, 0) is 136 Å². The second-order valence-corrected chi connectivity index (χ2v) is 16.4. The Balaban J connectivity index is 1.12. The van der Waals surface area contributed by atoms with E-state index in [0.29, 0.717) is 0 Å². The Kier molecular flexibility index (Phi) is 7.10. The number of fused-ring (bicyclic) bond motifs is 7. The maximum absolute atomic E-state index is 15.7. The molecule has 1 aliphatic rings. The molecule has 0 unspecified atom stereocenters. The molecule has 9 aromatic rings. The second-order valence-electron chi connectivity index (χ2n) is 16.4. The number of hydrogen-bond donors (Lipinski definition) is 0. The number of para-hydroxylation sites is 2. The normalized spacial score (nSPS) is 15.0. The third-order valence-electron chi connectivity index (χ3n) is 12.1. The van der Waals surface area contributed by atoms with Gasteiger partial charge < -0.3 is 9.13 Å². The highest BCUT2D eigenvalue weighted by atomic mass is 19.1. The van der Waals surface area contributed by atoms with Crippen LogP contribution >= 0.6 is 0 Å². The van der Waals surface area contributed by atoms with E-state index < -0.39 is 0 Å². The van der Waals surface area contributed by atoms with Crippen LogP contribution in [0, 0.1) is 11.6 Å². The molecule has 0 amide bonds. The van der Waals surface area contributed by atoms with E-state index in [1.54, 1.807) is 18.2 Å². The highest BCUT2D eigenvalue weighted by molar-refractivity contribution is 6.12. The van der Waals surface area contributed by atoms with Crippen LogP contribution in [0.25, 0.3) is 77.2 Å². The summed E-state index contributed by atoms with van der Waals surface area (Å²) in [6.07, 6.45) is 2.28. The molecule has 1 aliphatic carbocycles. The fourth-order valence-electron chi connectivity index (χ4n) is 9.10. The molecule has 0 saturated carbocycles. The van der Waals surface area contributed by atoms with Crippen molar-refractivity contribution in [2.75, 3.05) is 0 Å². The second kappa shape index (κ2) is 11.8. The van der Waals surface area contributed by atoms with Crippen LogP contribution in [0.2, 0.25) is 0 Å². The molecule has 0 atom stereocenters. The van der Waals surface area contributed by atoms with Crippen molar-refractivity contribution in [2.45, 2.75) is 51.4 Å². The number of hydrogen-bond acceptors (Lipinski definition) is 0. The first-order chi connectivity index (χ1) is 26.1. The van der Waals surface area contributed by atoms with Crippen LogP contribution < -0.4 is 0 Å². The summed E-state index contributed by atoms with van der Waals surface area (Å²) in [7, 11) is 0. The number of aromatic nitrogens is 2. The van der Waals surface area contributed by atoms with E-state index in [0.717, 1.165) is 90.1 Å². The Labute approximate surface area is 313 Å². The van der Waals surface area contributed by atoms with Gasteiger partial charge in [0.1, 0.15) is 11.6 Å². The molecule has 2 nitrogen and oxygen atoms in total. The van der Waals surface area contributed by atoms with Gasteiger partial charge in [0.2, 0.25) is 0 Å². The fourth-order valence-corrected chi connectivity index (χ4v) is 9.10. The Morgan fingerprint density at radius 3 is 1.69 bits per heavy atom. The molecule has 0 saturated heterocycles. The van der Waals surface area contributed by atoms with Gasteiger partial charge in [0.15, 0.2) is 0 Å². The van der Waals surface area contributed by atoms with Crippen LogP contribution in [0.5, 0.6) is 0 Å². The lowest BCUT2D eigenvalue weighted by molar-refractivity contribution is 0.332. The highest BCUT2D eigenvalue weighted by Crippen LogP contribution is 2.47. The molecule has 2 aromatic heterocycles. The third-order valence-corrected chi connectivity index (χ3v) is 12.1. The Morgan fingerprint density at radius 1 is 0.389 bits per heavy atom. The van der Waals surface area contributed by atoms with Crippen molar-refractivity contribution in [1.29, 1.82) is 0 Å². The van der Waals surface area contributed by atoms with Gasteiger partial charge in [-0.25, -0.2) is 8.78 Å². The average Bonchev–Trinajstić information content (AvgIpc) is 3.68. The zero-order chi connectivity index (χ0) is 36.9. The molecule has 0 radical (unpaired) electrons. The van der Waals surface area contributed by atoms with Crippen molar-refractivity contribution in [1.82, 2.24) is 9.13 Å². The van der Waals surface area contributed by atoms with Crippen LogP contribution in [-0.2, 0) is 10.8 Å². The summed E-state index contributed by atoms with van der Waals surface area (Å²) in [4.78, 5) is 0. The summed E-state index contributed by atoms with van der Waals surface area (Å²) < 4.78 is 34.7. The van der Waals surface area contributed by atoms with E-state index in [2.05, 4.69) is 128 Å². The van der Waals surface area contributed by atoms with Crippen molar-refractivity contribution < 1.29 is 8.78 Å². The minimum atomic E-state index is -0.259. The van der Waals surface area contributed by atoms with Gasteiger partial charge in [-0.3, -0.25) is 0 Å². The molecule has 54 heavy (non-hydrogen) atoms. The minimum absolute atomic E-state index is 0.0585. The summed E-state index contributed by atoms with van der Waals surface area (Å²) >= 11 is 0. The molecule has 10 rings (SSSR count). The quantitative estimate of drug-likeness (QED) is 0.172. The minimum Gasteiger partial charge on any atom is -0.309 e. The van der Waals surface area contributed by atoms with Gasteiger partial charge in [-0.15, -0.1) is 0 Å². The zero-order valence-corrected chi connectivity index (χ0v) is 30.9. The number of benzene rings is 7. The fraction of sp³-hybridized carbons (Fsp3) is 0.160. The standard InChI is InChI=1S/C50H40F2N2/c1-49(2)22-23-50(3,4)44-28-33(14-19-43(44)49)34-24-36(52)29-38(25-34)54-45-13-9-8-12-39(45)41-26-31(16-21-47(41)54)32-15-20-46-42(27-32)40-18-17-35(51)30-48(40)53(46)37-10-6-5-7-11-37/h5-21,24-30H,22-23H2,1-4H3. The molecule has 264 valence electrons. The van der Waals surface area contributed by atoms with Crippen LogP contribution in [-0.4, -0.2) is 9.13 Å². The molecule has 0 aliphatic heterocycles. The third kappa shape index (κ3) is 5.04. The van der Waals surface area contributed by atoms with Crippen LogP contribution in [0.4, 0.5) is 8.78 Å². The Morgan fingerprint density at radius 2 is 0.963 bits per heavy atom. The van der Waals surface area contributed by atoms with E-state index >= 15 is 4.39 Å². The van der Waals surface area contributed by atoms with Gasteiger partial charge in [0.25, 0.3) is 0 Å². The van der Waals surface area contributed by atoms with Gasteiger partial charge in [-0.2, -0.15) is 0 Å². The van der Waals surface area contributed by atoms with Crippen molar-refractivity contribution in [3.63, 3.8) is 0 Å². The van der Waals surface area contributed by atoms with Crippen molar-refractivity contribution in [3.05, 3.63) is 168 Å². The van der Waals surface area contributed by atoms with Crippen LogP contribution in [0.3, 0.4) is 0 Å². The monoisotopic (exact) mass is 706 g/mol. The maximum atomic E-state index is 15.7. The molecule has 0 fully saturated rings. The lowest BCUT2D eigenvalue weighted by Crippen LogP contribution is -2.33. The molecule has 7 aromatic carbocycles. The zero-order valence-electron chi connectivity index (χ0n) is 30.9. The highest BCUT2D eigenvalue weighted by Gasteiger charge is 2.37. The number of halogens is 2. The molecule has 0 bridgehead atoms. The van der Waals surface area contributed by atoms with Gasteiger partial charge >= 0.3 is 0 Å². The van der Waals surface area contributed by atoms with E-state index in [9.17, 15) is 4.39 Å². The van der Waals surface area contributed by atoms with Gasteiger partial charge in [-0.1, -0.05) is 94.4 Å². The van der Waals surface area contributed by atoms with Gasteiger partial charge in [0, 0.05) is 32.9 Å². The molecule has 4 heteroatoms. The molecular weight excluding hydrogens is 667 g/mol. The van der Waals surface area contributed by atoms with Crippen molar-refractivity contribution in [3.8, 4) is 33.6 Å². The largest absolute Gasteiger partial charge is 0.309 e. The van der Waals surface area contributed by atoms with Gasteiger partial charge in [0.05, 0.1) is 22.1 Å². The first kappa shape index (κ1) is 32.6. The molecule has 0 spiro atoms. The first-order valence-corrected chi connectivity index (χ1v) is 18.8. The smallest absolute Gasteiger partial charge is 0.125 e. The maximum Gasteiger partial charge on any atom is 0.125 e. The van der Waals surface area contributed by atoms with Crippen molar-refractivity contribution in [2.24, 2.45) is 0 Å². The first-order valence-electron chi connectivity index (χ1n) is 18.8.